The minimum atomic E-state index is -0.861. The summed E-state index contributed by atoms with van der Waals surface area (Å²) >= 11 is 11.7. The van der Waals surface area contributed by atoms with E-state index in [0.717, 1.165) is 0 Å². The maximum absolute atomic E-state index is 11.7. The van der Waals surface area contributed by atoms with Crippen LogP contribution in [0.4, 0.5) is 11.5 Å². The van der Waals surface area contributed by atoms with Crippen LogP contribution in [0.2, 0.25) is 10.0 Å². The first kappa shape index (κ1) is 14.3. The summed E-state index contributed by atoms with van der Waals surface area (Å²) in [4.78, 5) is 27.3. The van der Waals surface area contributed by atoms with E-state index in [9.17, 15) is 9.59 Å². The molecule has 2 amide bonds. The Labute approximate surface area is 124 Å². The second-order valence-corrected chi connectivity index (χ2v) is 4.59. The monoisotopic (exact) mass is 309 g/mol. The second kappa shape index (κ2) is 6.36. The minimum Gasteiger partial charge on any atom is -0.316 e. The van der Waals surface area contributed by atoms with Gasteiger partial charge >= 0.3 is 11.8 Å². The average molecular weight is 310 g/mol. The summed E-state index contributed by atoms with van der Waals surface area (Å²) < 4.78 is 0. The molecule has 2 aromatic rings. The number of aromatic nitrogens is 1. The number of halogens is 2. The highest BCUT2D eigenvalue weighted by Crippen LogP contribution is 2.25. The van der Waals surface area contributed by atoms with Gasteiger partial charge in [0, 0.05) is 11.2 Å². The van der Waals surface area contributed by atoms with Crippen LogP contribution in [-0.4, -0.2) is 16.8 Å². The molecule has 20 heavy (non-hydrogen) atoms. The van der Waals surface area contributed by atoms with Crippen molar-refractivity contribution < 1.29 is 9.59 Å². The Morgan fingerprint density at radius 3 is 2.45 bits per heavy atom. The van der Waals surface area contributed by atoms with Crippen molar-refractivity contribution in [2.45, 2.75) is 0 Å². The summed E-state index contributed by atoms with van der Waals surface area (Å²) in [6.45, 7) is 0. The van der Waals surface area contributed by atoms with Crippen LogP contribution in [0.25, 0.3) is 0 Å². The number of hydrogen-bond acceptors (Lipinski definition) is 3. The molecule has 1 aromatic carbocycles. The van der Waals surface area contributed by atoms with Gasteiger partial charge in [-0.15, -0.1) is 0 Å². The molecule has 0 atom stereocenters. The van der Waals surface area contributed by atoms with Crippen molar-refractivity contribution in [3.8, 4) is 0 Å². The Morgan fingerprint density at radius 2 is 1.75 bits per heavy atom. The summed E-state index contributed by atoms with van der Waals surface area (Å²) in [6.07, 6.45) is 1.50. The van der Waals surface area contributed by atoms with Gasteiger partial charge in [-0.1, -0.05) is 29.3 Å². The Balaban J connectivity index is 2.04. The van der Waals surface area contributed by atoms with Crippen molar-refractivity contribution in [3.63, 3.8) is 0 Å². The second-order valence-electron chi connectivity index (χ2n) is 3.75. The molecule has 0 unspecified atom stereocenters. The fourth-order valence-electron chi connectivity index (χ4n) is 1.38. The third-order valence-corrected chi connectivity index (χ3v) is 2.85. The maximum atomic E-state index is 11.7. The topological polar surface area (TPSA) is 71.1 Å². The predicted molar refractivity (Wildman–Crippen MR) is 78.0 cm³/mol. The van der Waals surface area contributed by atoms with Crippen molar-refractivity contribution in [2.75, 3.05) is 10.6 Å². The standard InChI is InChI=1S/C13H9Cl2N3O2/c14-8-4-5-9(15)10(7-8)17-12(19)13(20)18-11-3-1-2-6-16-11/h1-7H,(H,17,19)(H,16,18,20). The van der Waals surface area contributed by atoms with Gasteiger partial charge in [-0.2, -0.15) is 0 Å². The largest absolute Gasteiger partial charge is 0.316 e. The molecule has 0 aliphatic heterocycles. The predicted octanol–water partition coefficient (Wildman–Crippen LogP) is 2.97. The van der Waals surface area contributed by atoms with Gasteiger partial charge in [0.25, 0.3) is 0 Å². The van der Waals surface area contributed by atoms with E-state index in [-0.39, 0.29) is 16.5 Å². The SMILES string of the molecule is O=C(Nc1ccccn1)C(=O)Nc1cc(Cl)ccc1Cl. The number of nitrogens with one attached hydrogen (secondary N) is 2. The van der Waals surface area contributed by atoms with E-state index in [1.54, 1.807) is 24.3 Å². The summed E-state index contributed by atoms with van der Waals surface area (Å²) in [5, 5.41) is 5.42. The fourth-order valence-corrected chi connectivity index (χ4v) is 1.72. The van der Waals surface area contributed by atoms with Crippen molar-refractivity contribution in [2.24, 2.45) is 0 Å². The Morgan fingerprint density at radius 1 is 1.00 bits per heavy atom. The third-order valence-electron chi connectivity index (χ3n) is 2.29. The molecule has 0 fully saturated rings. The molecule has 1 heterocycles. The summed E-state index contributed by atoms with van der Waals surface area (Å²) in [5.74, 6) is -1.43. The summed E-state index contributed by atoms with van der Waals surface area (Å²) in [6, 6.07) is 9.51. The maximum Gasteiger partial charge on any atom is 0.315 e. The van der Waals surface area contributed by atoms with Gasteiger partial charge in [-0.3, -0.25) is 9.59 Å². The molecule has 2 rings (SSSR count). The number of hydrogen-bond donors (Lipinski definition) is 2. The summed E-state index contributed by atoms with van der Waals surface area (Å²) in [5.41, 5.74) is 0.264. The van der Waals surface area contributed by atoms with Gasteiger partial charge in [-0.05, 0) is 30.3 Å². The molecule has 0 aliphatic carbocycles. The first-order valence-corrected chi connectivity index (χ1v) is 6.30. The van der Waals surface area contributed by atoms with Crippen LogP contribution in [0.3, 0.4) is 0 Å². The molecule has 0 saturated carbocycles. The van der Waals surface area contributed by atoms with Gasteiger partial charge in [0.05, 0.1) is 10.7 Å². The molecular formula is C13H9Cl2N3O2. The van der Waals surface area contributed by atoms with E-state index in [4.69, 9.17) is 23.2 Å². The number of amides is 2. The van der Waals surface area contributed by atoms with Crippen LogP contribution in [0, 0.1) is 0 Å². The smallest absolute Gasteiger partial charge is 0.315 e. The normalized spacial score (nSPS) is 9.90. The first-order valence-electron chi connectivity index (χ1n) is 5.54. The molecule has 0 radical (unpaired) electrons. The third kappa shape index (κ3) is 3.69. The van der Waals surface area contributed by atoms with Gasteiger partial charge in [0.15, 0.2) is 0 Å². The average Bonchev–Trinajstić information content (AvgIpc) is 2.44. The van der Waals surface area contributed by atoms with Crippen molar-refractivity contribution in [1.29, 1.82) is 0 Å². The minimum absolute atomic E-state index is 0.264. The lowest BCUT2D eigenvalue weighted by molar-refractivity contribution is -0.133. The highest BCUT2D eigenvalue weighted by molar-refractivity contribution is 6.45. The molecule has 102 valence electrons. The van der Waals surface area contributed by atoms with Crippen LogP contribution in [0.15, 0.2) is 42.6 Å². The molecule has 0 aliphatic rings. The molecule has 0 spiro atoms. The number of carbonyl (C=O) groups is 2. The molecule has 0 bridgehead atoms. The highest BCUT2D eigenvalue weighted by Gasteiger charge is 2.15. The Hall–Kier alpha value is -2.11. The number of pyridine rings is 1. The van der Waals surface area contributed by atoms with Crippen LogP contribution in [0.1, 0.15) is 0 Å². The van der Waals surface area contributed by atoms with Crippen LogP contribution in [0.5, 0.6) is 0 Å². The number of nitrogens with zero attached hydrogens (tertiary/aromatic N) is 1. The number of benzene rings is 1. The molecule has 0 saturated heterocycles. The number of rotatable bonds is 2. The lowest BCUT2D eigenvalue weighted by Crippen LogP contribution is -2.29. The molecule has 2 N–H and O–H groups in total. The lowest BCUT2D eigenvalue weighted by atomic mass is 10.3. The highest BCUT2D eigenvalue weighted by atomic mass is 35.5. The van der Waals surface area contributed by atoms with Gasteiger partial charge in [0.1, 0.15) is 5.82 Å². The van der Waals surface area contributed by atoms with Crippen molar-refractivity contribution in [3.05, 3.63) is 52.6 Å². The Kier molecular flexibility index (Phi) is 4.55. The number of anilines is 2. The zero-order valence-electron chi connectivity index (χ0n) is 10.1. The van der Waals surface area contributed by atoms with Crippen LogP contribution in [-0.2, 0) is 9.59 Å². The van der Waals surface area contributed by atoms with E-state index in [1.807, 2.05) is 0 Å². The Bertz CT molecular complexity index is 647. The van der Waals surface area contributed by atoms with E-state index < -0.39 is 11.8 Å². The zero-order valence-corrected chi connectivity index (χ0v) is 11.6. The molecule has 5 nitrogen and oxygen atoms in total. The number of carbonyl (C=O) groups excluding carboxylic acids is 2. The molecular weight excluding hydrogens is 301 g/mol. The molecule has 1 aromatic heterocycles. The van der Waals surface area contributed by atoms with E-state index in [1.165, 1.54) is 18.3 Å². The van der Waals surface area contributed by atoms with Crippen molar-refractivity contribution >= 4 is 46.5 Å². The van der Waals surface area contributed by atoms with E-state index in [2.05, 4.69) is 15.6 Å². The molecule has 7 heteroatoms. The van der Waals surface area contributed by atoms with Gasteiger partial charge in [0.2, 0.25) is 0 Å². The quantitative estimate of drug-likeness (QED) is 0.838. The van der Waals surface area contributed by atoms with Crippen molar-refractivity contribution in [1.82, 2.24) is 4.98 Å². The fraction of sp³-hybridized carbons (Fsp3) is 0. The lowest BCUT2D eigenvalue weighted by Gasteiger charge is -2.07. The zero-order chi connectivity index (χ0) is 14.5. The first-order chi connectivity index (χ1) is 9.56. The summed E-state index contributed by atoms with van der Waals surface area (Å²) in [7, 11) is 0. The van der Waals surface area contributed by atoms with Crippen LogP contribution < -0.4 is 10.6 Å². The van der Waals surface area contributed by atoms with E-state index >= 15 is 0 Å². The van der Waals surface area contributed by atoms with E-state index in [0.29, 0.717) is 5.02 Å². The van der Waals surface area contributed by atoms with Gasteiger partial charge in [-0.25, -0.2) is 4.98 Å². The van der Waals surface area contributed by atoms with Gasteiger partial charge < -0.3 is 10.6 Å². The van der Waals surface area contributed by atoms with Crippen LogP contribution >= 0.6 is 23.2 Å².